The number of amides is 2. The highest BCUT2D eigenvalue weighted by molar-refractivity contribution is 7.89. The number of hydrogen-bond donors (Lipinski definition) is 4. The second kappa shape index (κ2) is 10.8. The topological polar surface area (TPSA) is 108 Å². The molecule has 3 rings (SSSR count). The predicted molar refractivity (Wildman–Crippen MR) is 130 cm³/mol. The molecule has 0 radical (unpaired) electrons. The van der Waals surface area contributed by atoms with E-state index in [1.54, 1.807) is 19.9 Å². The Labute approximate surface area is 205 Å². The second-order valence-electron chi connectivity index (χ2n) is 7.95. The zero-order valence-corrected chi connectivity index (χ0v) is 20.4. The number of rotatable bonds is 8. The van der Waals surface area contributed by atoms with Gasteiger partial charge in [-0.15, -0.1) is 0 Å². The normalized spacial score (nSPS) is 13.8. The lowest BCUT2D eigenvalue weighted by atomic mass is 10.1. The number of nitrogens with one attached hydrogen (secondary N) is 3. The average Bonchev–Trinajstić information content (AvgIpc) is 3.32. The third-order valence-corrected chi connectivity index (χ3v) is 7.55. The number of carbonyl (C=O) groups excluding carboxylic acids is 1. The van der Waals surface area contributed by atoms with E-state index in [-0.39, 0.29) is 28.8 Å². The third-order valence-electron chi connectivity index (χ3n) is 5.31. The summed E-state index contributed by atoms with van der Waals surface area (Å²) in [6.45, 7) is 3.11. The first-order chi connectivity index (χ1) is 16.4. The second-order valence-corrected chi connectivity index (χ2v) is 10.4. The highest BCUT2D eigenvalue weighted by Crippen LogP contribution is 2.33. The van der Waals surface area contributed by atoms with Crippen LogP contribution in [0.25, 0.3) is 11.1 Å². The van der Waals surface area contributed by atoms with Crippen LogP contribution >= 0.6 is 11.3 Å². The smallest absolute Gasteiger partial charge is 0.396 e. The molecule has 3 aromatic rings. The van der Waals surface area contributed by atoms with Crippen molar-refractivity contribution in [2.45, 2.75) is 31.0 Å². The molecule has 0 saturated heterocycles. The number of aliphatic hydroxyl groups excluding tert-OH is 1. The summed E-state index contributed by atoms with van der Waals surface area (Å²) in [5.41, 5.74) is 0.412. The van der Waals surface area contributed by atoms with Crippen molar-refractivity contribution in [1.29, 1.82) is 0 Å². The van der Waals surface area contributed by atoms with Gasteiger partial charge in [-0.05, 0) is 65.6 Å². The Balaban J connectivity index is 1.90. The maximum atomic E-state index is 13.0. The van der Waals surface area contributed by atoms with Gasteiger partial charge in [0, 0.05) is 23.9 Å². The van der Waals surface area contributed by atoms with Gasteiger partial charge in [-0.1, -0.05) is 19.1 Å². The molecule has 4 N–H and O–H groups in total. The Morgan fingerprint density at radius 1 is 1.09 bits per heavy atom. The van der Waals surface area contributed by atoms with Crippen molar-refractivity contribution < 1.29 is 31.5 Å². The number of thiophene rings is 1. The van der Waals surface area contributed by atoms with Gasteiger partial charge in [-0.2, -0.15) is 24.5 Å². The van der Waals surface area contributed by atoms with Crippen LogP contribution in [0, 0.1) is 5.92 Å². The van der Waals surface area contributed by atoms with E-state index < -0.39 is 33.8 Å². The van der Waals surface area contributed by atoms with Crippen LogP contribution in [0.2, 0.25) is 0 Å². The molecule has 2 amide bonds. The van der Waals surface area contributed by atoms with E-state index in [0.29, 0.717) is 5.56 Å². The summed E-state index contributed by atoms with van der Waals surface area (Å²) < 4.78 is 67.2. The van der Waals surface area contributed by atoms with Gasteiger partial charge in [0.15, 0.2) is 0 Å². The van der Waals surface area contributed by atoms with Crippen LogP contribution in [-0.4, -0.2) is 32.2 Å². The fraction of sp³-hybridized carbons (Fsp3) is 0.261. The van der Waals surface area contributed by atoms with E-state index in [1.807, 2.05) is 10.8 Å². The first-order valence-corrected chi connectivity index (χ1v) is 12.9. The number of anilines is 2. The van der Waals surface area contributed by atoms with Crippen LogP contribution in [0.4, 0.5) is 29.3 Å². The summed E-state index contributed by atoms with van der Waals surface area (Å²) >= 11 is 1.40. The van der Waals surface area contributed by atoms with Crippen LogP contribution in [0.15, 0.2) is 64.2 Å². The SMILES string of the molecule is CC(CO)C(C)NS(=O)(=O)c1ccc(-c2ccsc2)c(NC(=O)Nc2cccc(C(F)(F)F)c2)c1. The van der Waals surface area contributed by atoms with Crippen molar-refractivity contribution in [2.24, 2.45) is 5.92 Å². The molecule has 0 fully saturated rings. The summed E-state index contributed by atoms with van der Waals surface area (Å²) in [6.07, 6.45) is -4.57. The standard InChI is InChI=1S/C23H24F3N3O4S2/c1-14(12-30)15(2)29-35(32,33)19-6-7-20(16-8-9-34-13-16)21(11-19)28-22(31)27-18-5-3-4-17(10-18)23(24,25)26/h3-11,13-15,29-30H,12H2,1-2H3,(H2,27,28,31). The van der Waals surface area contributed by atoms with Crippen LogP contribution in [0.3, 0.4) is 0 Å². The number of alkyl halides is 3. The van der Waals surface area contributed by atoms with E-state index in [0.717, 1.165) is 17.7 Å². The molecular weight excluding hydrogens is 503 g/mol. The molecule has 2 unspecified atom stereocenters. The number of aliphatic hydroxyl groups is 1. The Kier molecular flexibility index (Phi) is 8.21. The number of urea groups is 1. The van der Waals surface area contributed by atoms with Gasteiger partial charge in [0.1, 0.15) is 0 Å². The van der Waals surface area contributed by atoms with Gasteiger partial charge >= 0.3 is 12.2 Å². The average molecular weight is 528 g/mol. The van der Waals surface area contributed by atoms with Crippen molar-refractivity contribution in [3.63, 3.8) is 0 Å². The first kappa shape index (κ1) is 26.7. The monoisotopic (exact) mass is 527 g/mol. The Morgan fingerprint density at radius 2 is 1.83 bits per heavy atom. The first-order valence-electron chi connectivity index (χ1n) is 10.5. The van der Waals surface area contributed by atoms with E-state index in [2.05, 4.69) is 15.4 Å². The number of carbonyl (C=O) groups is 1. The summed E-state index contributed by atoms with van der Waals surface area (Å²) in [5.74, 6) is -0.328. The minimum Gasteiger partial charge on any atom is -0.396 e. The van der Waals surface area contributed by atoms with Gasteiger partial charge in [-0.25, -0.2) is 17.9 Å². The van der Waals surface area contributed by atoms with Gasteiger partial charge in [-0.3, -0.25) is 0 Å². The molecule has 0 bridgehead atoms. The highest BCUT2D eigenvalue weighted by Gasteiger charge is 2.30. The Morgan fingerprint density at radius 3 is 2.46 bits per heavy atom. The van der Waals surface area contributed by atoms with Crippen LogP contribution < -0.4 is 15.4 Å². The molecule has 12 heteroatoms. The molecule has 1 aromatic heterocycles. The Hall–Kier alpha value is -2.93. The number of sulfonamides is 1. The molecule has 0 spiro atoms. The Bertz CT molecular complexity index is 1280. The van der Waals surface area contributed by atoms with E-state index in [4.69, 9.17) is 0 Å². The van der Waals surface area contributed by atoms with E-state index in [9.17, 15) is 31.5 Å². The van der Waals surface area contributed by atoms with Crippen molar-refractivity contribution in [3.8, 4) is 11.1 Å². The van der Waals surface area contributed by atoms with Crippen LogP contribution in [0.5, 0.6) is 0 Å². The molecule has 0 aliphatic heterocycles. The van der Waals surface area contributed by atoms with E-state index >= 15 is 0 Å². The summed E-state index contributed by atoms with van der Waals surface area (Å²) in [4.78, 5) is 12.5. The lowest BCUT2D eigenvalue weighted by Gasteiger charge is -2.20. The molecule has 2 aromatic carbocycles. The lowest BCUT2D eigenvalue weighted by molar-refractivity contribution is -0.137. The highest BCUT2D eigenvalue weighted by atomic mass is 32.2. The minimum atomic E-state index is -4.57. The van der Waals surface area contributed by atoms with E-state index in [1.165, 1.54) is 41.7 Å². The maximum absolute atomic E-state index is 13.0. The molecule has 7 nitrogen and oxygen atoms in total. The molecule has 2 atom stereocenters. The zero-order valence-electron chi connectivity index (χ0n) is 18.8. The van der Waals surface area contributed by atoms with Gasteiger partial charge < -0.3 is 15.7 Å². The van der Waals surface area contributed by atoms with Crippen molar-refractivity contribution in [3.05, 3.63) is 64.9 Å². The molecule has 0 aliphatic carbocycles. The van der Waals surface area contributed by atoms with Crippen molar-refractivity contribution in [1.82, 2.24) is 4.72 Å². The number of hydrogen-bond acceptors (Lipinski definition) is 5. The fourth-order valence-electron chi connectivity index (χ4n) is 3.11. The van der Waals surface area contributed by atoms with Gasteiger partial charge in [0.05, 0.1) is 16.1 Å². The minimum absolute atomic E-state index is 0.0772. The predicted octanol–water partition coefficient (Wildman–Crippen LogP) is 5.37. The van der Waals surface area contributed by atoms with Crippen molar-refractivity contribution in [2.75, 3.05) is 17.2 Å². The molecule has 0 aliphatic rings. The molecule has 0 saturated carbocycles. The van der Waals surface area contributed by atoms with Crippen LogP contribution in [0.1, 0.15) is 19.4 Å². The zero-order chi connectivity index (χ0) is 25.8. The molecule has 188 valence electrons. The van der Waals surface area contributed by atoms with Crippen LogP contribution in [-0.2, 0) is 16.2 Å². The molecule has 35 heavy (non-hydrogen) atoms. The largest absolute Gasteiger partial charge is 0.416 e. The molecular formula is C23H24F3N3O4S2. The number of halogens is 3. The summed E-state index contributed by atoms with van der Waals surface area (Å²) in [7, 11) is -3.99. The summed E-state index contributed by atoms with van der Waals surface area (Å²) in [5, 5.41) is 17.8. The van der Waals surface area contributed by atoms with Gasteiger partial charge in [0.2, 0.25) is 10.0 Å². The van der Waals surface area contributed by atoms with Gasteiger partial charge in [0.25, 0.3) is 0 Å². The summed E-state index contributed by atoms with van der Waals surface area (Å²) in [6, 6.07) is 8.76. The molecule has 1 heterocycles. The third kappa shape index (κ3) is 6.82. The quantitative estimate of drug-likeness (QED) is 0.316. The lowest BCUT2D eigenvalue weighted by Crippen LogP contribution is -2.38. The fourth-order valence-corrected chi connectivity index (χ4v) is 5.14. The number of benzene rings is 2. The van der Waals surface area contributed by atoms with Crippen molar-refractivity contribution >= 4 is 38.8 Å². The maximum Gasteiger partial charge on any atom is 0.416 e.